The number of benzene rings is 1. The third kappa shape index (κ3) is 4.03. The number of rotatable bonds is 5. The lowest BCUT2D eigenvalue weighted by Gasteiger charge is -2.11. The van der Waals surface area contributed by atoms with Gasteiger partial charge in [-0.05, 0) is 34.1 Å². The number of aromatic carboxylic acids is 1. The first-order chi connectivity index (χ1) is 8.41. The molecule has 1 aromatic carbocycles. The fourth-order valence-electron chi connectivity index (χ4n) is 1.24. The van der Waals surface area contributed by atoms with E-state index in [1.807, 2.05) is 0 Å². The van der Waals surface area contributed by atoms with Crippen molar-refractivity contribution >= 4 is 27.8 Å². The molecule has 1 N–H and O–H groups in total. The Morgan fingerprint density at radius 1 is 1.39 bits per heavy atom. The van der Waals surface area contributed by atoms with E-state index >= 15 is 0 Å². The maximum Gasteiger partial charge on any atom is 0.336 e. The number of ether oxygens (including phenoxy) is 1. The first kappa shape index (κ1) is 14.5. The lowest BCUT2D eigenvalue weighted by atomic mass is 10.2. The molecule has 0 spiro atoms. The summed E-state index contributed by atoms with van der Waals surface area (Å²) in [7, 11) is 3.34. The second-order valence-corrected chi connectivity index (χ2v) is 4.69. The van der Waals surface area contributed by atoms with Gasteiger partial charge in [0, 0.05) is 18.6 Å². The summed E-state index contributed by atoms with van der Waals surface area (Å²) in [5, 5.41) is 8.93. The molecule has 0 saturated heterocycles. The number of carbonyl (C=O) groups excluding carboxylic acids is 1. The number of hydrogen-bond donors (Lipinski definition) is 1. The molecule has 1 rings (SSSR count). The van der Waals surface area contributed by atoms with Crippen LogP contribution < -0.4 is 4.74 Å². The average molecular weight is 316 g/mol. The molecule has 0 radical (unpaired) electrons. The summed E-state index contributed by atoms with van der Waals surface area (Å²) in [6, 6.07) is 4.68. The molecule has 0 aromatic heterocycles. The maximum atomic E-state index is 11.3. The zero-order valence-electron chi connectivity index (χ0n) is 10.1. The van der Waals surface area contributed by atoms with Crippen LogP contribution in [0.4, 0.5) is 0 Å². The Kier molecular flexibility index (Phi) is 5.15. The Hall–Kier alpha value is -1.56. The van der Waals surface area contributed by atoms with E-state index in [2.05, 4.69) is 15.9 Å². The molecule has 0 bridgehead atoms. The van der Waals surface area contributed by atoms with Gasteiger partial charge in [-0.3, -0.25) is 4.79 Å². The lowest BCUT2D eigenvalue weighted by molar-refractivity contribution is -0.129. The van der Waals surface area contributed by atoms with Crippen LogP contribution in [0.5, 0.6) is 5.75 Å². The molecule has 0 aliphatic rings. The zero-order chi connectivity index (χ0) is 13.7. The van der Waals surface area contributed by atoms with E-state index in [-0.39, 0.29) is 24.5 Å². The number of hydrogen-bond acceptors (Lipinski definition) is 3. The van der Waals surface area contributed by atoms with Gasteiger partial charge in [-0.15, -0.1) is 0 Å². The van der Waals surface area contributed by atoms with Crippen molar-refractivity contribution in [3.05, 3.63) is 28.2 Å². The first-order valence-corrected chi connectivity index (χ1v) is 6.07. The molecular weight excluding hydrogens is 302 g/mol. The summed E-state index contributed by atoms with van der Waals surface area (Å²) in [6.45, 7) is 0.220. The van der Waals surface area contributed by atoms with Crippen LogP contribution in [-0.4, -0.2) is 42.6 Å². The predicted molar refractivity (Wildman–Crippen MR) is 69.9 cm³/mol. The van der Waals surface area contributed by atoms with Gasteiger partial charge in [-0.2, -0.15) is 0 Å². The highest BCUT2D eigenvalue weighted by molar-refractivity contribution is 9.10. The number of carboxylic acid groups (broad SMARTS) is 1. The summed E-state index contributed by atoms with van der Waals surface area (Å²) >= 11 is 3.14. The van der Waals surface area contributed by atoms with E-state index in [9.17, 15) is 9.59 Å². The molecule has 18 heavy (non-hydrogen) atoms. The maximum absolute atomic E-state index is 11.3. The Bertz CT molecular complexity index is 459. The second-order valence-electron chi connectivity index (χ2n) is 3.83. The summed E-state index contributed by atoms with van der Waals surface area (Å²) < 4.78 is 5.83. The molecule has 0 unspecified atom stereocenters. The molecule has 1 aromatic rings. The number of nitrogens with zero attached hydrogens (tertiary/aromatic N) is 1. The molecule has 0 heterocycles. The van der Waals surface area contributed by atoms with Crippen LogP contribution in [0.3, 0.4) is 0 Å². The van der Waals surface area contributed by atoms with E-state index in [1.54, 1.807) is 26.2 Å². The van der Waals surface area contributed by atoms with Gasteiger partial charge < -0.3 is 14.7 Å². The van der Waals surface area contributed by atoms with Crippen molar-refractivity contribution in [3.63, 3.8) is 0 Å². The van der Waals surface area contributed by atoms with E-state index in [4.69, 9.17) is 9.84 Å². The molecule has 0 aliphatic heterocycles. The molecule has 0 fully saturated rings. The minimum Gasteiger partial charge on any atom is -0.493 e. The minimum absolute atomic E-state index is 0.0365. The van der Waals surface area contributed by atoms with Crippen LogP contribution in [0.1, 0.15) is 16.8 Å². The molecule has 0 saturated carbocycles. The molecular formula is C12H14BrNO4. The Morgan fingerprint density at radius 3 is 2.61 bits per heavy atom. The molecule has 98 valence electrons. The fraction of sp³-hybridized carbons (Fsp3) is 0.333. The van der Waals surface area contributed by atoms with E-state index in [1.165, 1.54) is 11.0 Å². The van der Waals surface area contributed by atoms with E-state index in [0.29, 0.717) is 10.2 Å². The van der Waals surface area contributed by atoms with Gasteiger partial charge in [0.1, 0.15) is 5.75 Å². The van der Waals surface area contributed by atoms with Crippen LogP contribution >= 0.6 is 15.9 Å². The lowest BCUT2D eigenvalue weighted by Crippen LogP contribution is -2.23. The summed E-state index contributed by atoms with van der Waals surface area (Å²) in [5.74, 6) is -0.635. The highest BCUT2D eigenvalue weighted by atomic mass is 79.9. The third-order valence-electron chi connectivity index (χ3n) is 2.25. The van der Waals surface area contributed by atoms with Crippen molar-refractivity contribution in [1.29, 1.82) is 0 Å². The third-order valence-corrected chi connectivity index (χ3v) is 2.94. The molecule has 0 aliphatic carbocycles. The quantitative estimate of drug-likeness (QED) is 0.902. The topological polar surface area (TPSA) is 66.8 Å². The Labute approximate surface area is 113 Å². The number of amides is 1. The first-order valence-electron chi connectivity index (χ1n) is 5.27. The number of carboxylic acids is 1. The molecule has 0 atom stereocenters. The highest BCUT2D eigenvalue weighted by Gasteiger charge is 2.10. The Balaban J connectivity index is 2.61. The number of halogens is 1. The monoisotopic (exact) mass is 315 g/mol. The van der Waals surface area contributed by atoms with Gasteiger partial charge in [0.15, 0.2) is 0 Å². The van der Waals surface area contributed by atoms with Crippen LogP contribution in [0.2, 0.25) is 0 Å². The average Bonchev–Trinajstić information content (AvgIpc) is 2.30. The van der Waals surface area contributed by atoms with Gasteiger partial charge >= 0.3 is 5.97 Å². The summed E-state index contributed by atoms with van der Waals surface area (Å²) in [4.78, 5) is 23.7. The van der Waals surface area contributed by atoms with Gasteiger partial charge in [0.2, 0.25) is 5.91 Å². The van der Waals surface area contributed by atoms with Crippen LogP contribution in [0.15, 0.2) is 22.7 Å². The van der Waals surface area contributed by atoms with Gasteiger partial charge in [-0.1, -0.05) is 0 Å². The van der Waals surface area contributed by atoms with Crippen molar-refractivity contribution < 1.29 is 19.4 Å². The van der Waals surface area contributed by atoms with Crippen molar-refractivity contribution in [1.82, 2.24) is 4.90 Å². The highest BCUT2D eigenvalue weighted by Crippen LogP contribution is 2.22. The SMILES string of the molecule is CN(C)C(=O)CCOc1ccc(Br)c(C(=O)O)c1. The normalized spacial score (nSPS) is 9.94. The van der Waals surface area contributed by atoms with Crippen molar-refractivity contribution in [2.75, 3.05) is 20.7 Å². The van der Waals surface area contributed by atoms with Gasteiger partial charge in [0.25, 0.3) is 0 Å². The minimum atomic E-state index is -1.03. The van der Waals surface area contributed by atoms with Crippen molar-refractivity contribution in [2.24, 2.45) is 0 Å². The van der Waals surface area contributed by atoms with Crippen molar-refractivity contribution in [3.8, 4) is 5.75 Å². The second kappa shape index (κ2) is 6.39. The van der Waals surface area contributed by atoms with Gasteiger partial charge in [-0.25, -0.2) is 4.79 Å². The van der Waals surface area contributed by atoms with E-state index < -0.39 is 5.97 Å². The van der Waals surface area contributed by atoms with Crippen LogP contribution in [0.25, 0.3) is 0 Å². The van der Waals surface area contributed by atoms with Crippen molar-refractivity contribution in [2.45, 2.75) is 6.42 Å². The molecule has 6 heteroatoms. The summed E-state index contributed by atoms with van der Waals surface area (Å²) in [5.41, 5.74) is 0.131. The molecule has 1 amide bonds. The smallest absolute Gasteiger partial charge is 0.336 e. The van der Waals surface area contributed by atoms with Crippen LogP contribution in [-0.2, 0) is 4.79 Å². The largest absolute Gasteiger partial charge is 0.493 e. The number of carbonyl (C=O) groups is 2. The Morgan fingerprint density at radius 2 is 2.06 bits per heavy atom. The zero-order valence-corrected chi connectivity index (χ0v) is 11.7. The predicted octanol–water partition coefficient (Wildman–Crippen LogP) is 2.00. The molecule has 5 nitrogen and oxygen atoms in total. The standard InChI is InChI=1S/C12H14BrNO4/c1-14(2)11(15)5-6-18-8-3-4-10(13)9(7-8)12(16)17/h3-4,7H,5-6H2,1-2H3,(H,16,17). The summed E-state index contributed by atoms with van der Waals surface area (Å²) in [6.07, 6.45) is 0.255. The fourth-order valence-corrected chi connectivity index (χ4v) is 1.65. The van der Waals surface area contributed by atoms with Crippen LogP contribution in [0, 0.1) is 0 Å². The van der Waals surface area contributed by atoms with Gasteiger partial charge in [0.05, 0.1) is 18.6 Å². The van der Waals surface area contributed by atoms with E-state index in [0.717, 1.165) is 0 Å².